The van der Waals surface area contributed by atoms with E-state index in [4.69, 9.17) is 5.11 Å². The van der Waals surface area contributed by atoms with Gasteiger partial charge in [-0.15, -0.1) is 0 Å². The summed E-state index contributed by atoms with van der Waals surface area (Å²) in [5.41, 5.74) is 0. The second-order valence-corrected chi connectivity index (χ2v) is 4.00. The van der Waals surface area contributed by atoms with Crippen molar-refractivity contribution in [2.45, 2.75) is 71.1 Å². The third-order valence-corrected chi connectivity index (χ3v) is 2.58. The fourth-order valence-corrected chi connectivity index (χ4v) is 1.65. The monoisotopic (exact) mass is 198 g/mol. The lowest BCUT2D eigenvalue weighted by molar-refractivity contribution is 0.469. The van der Waals surface area contributed by atoms with Crippen LogP contribution in [0.4, 0.5) is 0 Å². The van der Waals surface area contributed by atoms with Crippen molar-refractivity contribution in [1.82, 2.24) is 0 Å². The Morgan fingerprint density at radius 1 is 0.786 bits per heavy atom. The van der Waals surface area contributed by atoms with E-state index in [1.807, 2.05) is 6.08 Å². The van der Waals surface area contributed by atoms with Crippen molar-refractivity contribution in [3.05, 3.63) is 12.3 Å². The van der Waals surface area contributed by atoms with Crippen LogP contribution >= 0.6 is 0 Å². The summed E-state index contributed by atoms with van der Waals surface area (Å²) < 4.78 is 0. The van der Waals surface area contributed by atoms with Gasteiger partial charge >= 0.3 is 0 Å². The van der Waals surface area contributed by atoms with Crippen LogP contribution < -0.4 is 0 Å². The average Bonchev–Trinajstić information content (AvgIpc) is 2.21. The second-order valence-electron chi connectivity index (χ2n) is 4.00. The minimum atomic E-state index is 1.03. The van der Waals surface area contributed by atoms with E-state index >= 15 is 0 Å². The molecule has 0 unspecified atom stereocenters. The maximum absolute atomic E-state index is 8.41. The van der Waals surface area contributed by atoms with Crippen LogP contribution in [0.1, 0.15) is 71.1 Å². The molecule has 0 saturated carbocycles. The number of aliphatic hydroxyl groups excluding tert-OH is 1. The minimum absolute atomic E-state index is 1.03. The Bertz CT molecular complexity index is 118. The Morgan fingerprint density at radius 3 is 1.79 bits per heavy atom. The molecule has 0 saturated heterocycles. The van der Waals surface area contributed by atoms with Gasteiger partial charge in [0.2, 0.25) is 0 Å². The Balaban J connectivity index is 2.85. The number of allylic oxidation sites excluding steroid dienone is 1. The Hall–Kier alpha value is -0.460. The van der Waals surface area contributed by atoms with Crippen LogP contribution in [0.15, 0.2) is 12.3 Å². The van der Waals surface area contributed by atoms with Crippen molar-refractivity contribution in [3.63, 3.8) is 0 Å². The highest BCUT2D eigenvalue weighted by Gasteiger charge is 1.90. The van der Waals surface area contributed by atoms with Crippen LogP contribution in [-0.4, -0.2) is 5.11 Å². The summed E-state index contributed by atoms with van der Waals surface area (Å²) in [5.74, 6) is 0. The van der Waals surface area contributed by atoms with Crippen molar-refractivity contribution in [2.24, 2.45) is 0 Å². The summed E-state index contributed by atoms with van der Waals surface area (Å²) in [5, 5.41) is 8.41. The average molecular weight is 198 g/mol. The first-order valence-electron chi connectivity index (χ1n) is 6.21. The standard InChI is InChI=1S/C13H26O/c1-2-3-4-5-6-7-8-9-10-11-12-13-14/h12-14H,2-11H2,1H3/b13-12-. The molecule has 0 aliphatic heterocycles. The van der Waals surface area contributed by atoms with Gasteiger partial charge < -0.3 is 5.11 Å². The highest BCUT2D eigenvalue weighted by atomic mass is 16.2. The summed E-state index contributed by atoms with van der Waals surface area (Å²) in [6.45, 7) is 2.26. The van der Waals surface area contributed by atoms with E-state index in [-0.39, 0.29) is 0 Å². The van der Waals surface area contributed by atoms with Crippen LogP contribution in [0, 0.1) is 0 Å². The SMILES string of the molecule is CCCCCCCCCCC/C=C\O. The maximum Gasteiger partial charge on any atom is 0.0751 e. The molecule has 0 aliphatic rings. The molecular formula is C13H26O. The molecule has 0 amide bonds. The molecule has 0 radical (unpaired) electrons. The molecule has 0 bridgehead atoms. The second kappa shape index (κ2) is 12.5. The van der Waals surface area contributed by atoms with Crippen molar-refractivity contribution < 1.29 is 5.11 Å². The lowest BCUT2D eigenvalue weighted by atomic mass is 10.1. The summed E-state index contributed by atoms with van der Waals surface area (Å²) in [6.07, 6.45) is 16.3. The first-order valence-corrected chi connectivity index (χ1v) is 6.21. The van der Waals surface area contributed by atoms with Crippen LogP contribution in [0.2, 0.25) is 0 Å². The highest BCUT2D eigenvalue weighted by molar-refractivity contribution is 4.70. The van der Waals surface area contributed by atoms with Gasteiger partial charge in [-0.2, -0.15) is 0 Å². The summed E-state index contributed by atoms with van der Waals surface area (Å²) in [6, 6.07) is 0. The van der Waals surface area contributed by atoms with Gasteiger partial charge in [0.1, 0.15) is 0 Å². The van der Waals surface area contributed by atoms with E-state index in [0.717, 1.165) is 12.7 Å². The lowest BCUT2D eigenvalue weighted by Gasteiger charge is -2.00. The topological polar surface area (TPSA) is 20.2 Å². The Kier molecular flexibility index (Phi) is 12.1. The van der Waals surface area contributed by atoms with E-state index in [1.54, 1.807) is 0 Å². The van der Waals surface area contributed by atoms with Gasteiger partial charge in [0.15, 0.2) is 0 Å². The quantitative estimate of drug-likeness (QED) is 0.388. The maximum atomic E-state index is 8.41. The first-order chi connectivity index (χ1) is 6.91. The molecular weight excluding hydrogens is 172 g/mol. The largest absolute Gasteiger partial charge is 0.516 e. The fourth-order valence-electron chi connectivity index (χ4n) is 1.65. The summed E-state index contributed by atoms with van der Waals surface area (Å²) in [7, 11) is 0. The van der Waals surface area contributed by atoms with Gasteiger partial charge in [0.25, 0.3) is 0 Å². The van der Waals surface area contributed by atoms with Gasteiger partial charge in [-0.1, -0.05) is 64.4 Å². The van der Waals surface area contributed by atoms with E-state index in [2.05, 4.69) is 6.92 Å². The smallest absolute Gasteiger partial charge is 0.0751 e. The summed E-state index contributed by atoms with van der Waals surface area (Å²) in [4.78, 5) is 0. The highest BCUT2D eigenvalue weighted by Crippen LogP contribution is 2.10. The molecule has 0 rings (SSSR count). The van der Waals surface area contributed by atoms with E-state index in [9.17, 15) is 0 Å². The van der Waals surface area contributed by atoms with Crippen LogP contribution in [0.3, 0.4) is 0 Å². The zero-order valence-electron chi connectivity index (χ0n) is 9.67. The predicted octanol–water partition coefficient (Wildman–Crippen LogP) is 4.98. The number of hydrogen-bond donors (Lipinski definition) is 1. The molecule has 1 heteroatoms. The number of unbranched alkanes of at least 4 members (excludes halogenated alkanes) is 9. The van der Waals surface area contributed by atoms with Crippen LogP contribution in [-0.2, 0) is 0 Å². The Labute approximate surface area is 89.2 Å². The molecule has 84 valence electrons. The van der Waals surface area contributed by atoms with Crippen molar-refractivity contribution in [3.8, 4) is 0 Å². The first kappa shape index (κ1) is 13.5. The zero-order chi connectivity index (χ0) is 10.5. The van der Waals surface area contributed by atoms with Gasteiger partial charge in [0, 0.05) is 0 Å². The van der Waals surface area contributed by atoms with E-state index < -0.39 is 0 Å². The zero-order valence-corrected chi connectivity index (χ0v) is 9.67. The molecule has 0 fully saturated rings. The van der Waals surface area contributed by atoms with Gasteiger partial charge in [-0.05, 0) is 12.8 Å². The van der Waals surface area contributed by atoms with Crippen molar-refractivity contribution in [2.75, 3.05) is 0 Å². The van der Waals surface area contributed by atoms with Crippen LogP contribution in [0.25, 0.3) is 0 Å². The predicted molar refractivity (Wildman–Crippen MR) is 63.6 cm³/mol. The number of hydrogen-bond acceptors (Lipinski definition) is 1. The van der Waals surface area contributed by atoms with Crippen molar-refractivity contribution >= 4 is 0 Å². The Morgan fingerprint density at radius 2 is 1.29 bits per heavy atom. The minimum Gasteiger partial charge on any atom is -0.516 e. The number of aliphatic hydroxyl groups is 1. The van der Waals surface area contributed by atoms with Gasteiger partial charge in [0.05, 0.1) is 6.26 Å². The van der Waals surface area contributed by atoms with Gasteiger partial charge in [-0.3, -0.25) is 0 Å². The third kappa shape index (κ3) is 11.5. The molecule has 0 aromatic heterocycles. The molecule has 0 heterocycles. The molecule has 0 aliphatic carbocycles. The molecule has 0 aromatic rings. The normalized spacial score (nSPS) is 11.2. The molecule has 0 spiro atoms. The molecule has 1 nitrogen and oxygen atoms in total. The lowest BCUT2D eigenvalue weighted by Crippen LogP contribution is -1.80. The number of rotatable bonds is 10. The van der Waals surface area contributed by atoms with Crippen LogP contribution in [0.5, 0.6) is 0 Å². The molecule has 1 N–H and O–H groups in total. The van der Waals surface area contributed by atoms with E-state index in [0.29, 0.717) is 0 Å². The molecule has 14 heavy (non-hydrogen) atoms. The molecule has 0 atom stereocenters. The summed E-state index contributed by atoms with van der Waals surface area (Å²) >= 11 is 0. The fraction of sp³-hybridized carbons (Fsp3) is 0.846. The van der Waals surface area contributed by atoms with E-state index in [1.165, 1.54) is 57.8 Å². The third-order valence-electron chi connectivity index (χ3n) is 2.58. The van der Waals surface area contributed by atoms with Crippen molar-refractivity contribution in [1.29, 1.82) is 0 Å². The van der Waals surface area contributed by atoms with Gasteiger partial charge in [-0.25, -0.2) is 0 Å². The molecule has 0 aromatic carbocycles.